The van der Waals surface area contributed by atoms with Gasteiger partial charge in [-0.25, -0.2) is 0 Å². The highest BCUT2D eigenvalue weighted by Crippen LogP contribution is 2.33. The van der Waals surface area contributed by atoms with Crippen LogP contribution in [0.4, 0.5) is 5.88 Å². The molecule has 0 amide bonds. The van der Waals surface area contributed by atoms with Crippen molar-refractivity contribution in [3.8, 4) is 16.9 Å². The van der Waals surface area contributed by atoms with Crippen LogP contribution in [0, 0.1) is 0 Å². The lowest BCUT2D eigenvalue weighted by molar-refractivity contribution is 0.192. The fourth-order valence-corrected chi connectivity index (χ4v) is 2.16. The van der Waals surface area contributed by atoms with E-state index in [0.717, 1.165) is 29.7 Å². The number of nitrogen functional groups attached to an aromatic ring is 1. The highest BCUT2D eigenvalue weighted by Gasteiger charge is 2.17. The SMILES string of the molecule is CC1CCc2cc(-c3cnoc3N)ccc2O1. The zero-order valence-corrected chi connectivity index (χ0v) is 9.64. The van der Waals surface area contributed by atoms with Crippen LogP contribution in [0.2, 0.25) is 0 Å². The Balaban J connectivity index is 2.02. The molecule has 0 bridgehead atoms. The molecule has 0 saturated carbocycles. The number of anilines is 1. The molecule has 1 aliphatic rings. The summed E-state index contributed by atoms with van der Waals surface area (Å²) in [5, 5.41) is 3.69. The highest BCUT2D eigenvalue weighted by molar-refractivity contribution is 5.73. The van der Waals surface area contributed by atoms with Gasteiger partial charge in [-0.3, -0.25) is 0 Å². The molecule has 0 radical (unpaired) electrons. The van der Waals surface area contributed by atoms with Gasteiger partial charge in [0.1, 0.15) is 5.75 Å². The van der Waals surface area contributed by atoms with Gasteiger partial charge in [-0.2, -0.15) is 0 Å². The second kappa shape index (κ2) is 3.80. The fourth-order valence-electron chi connectivity index (χ4n) is 2.16. The smallest absolute Gasteiger partial charge is 0.229 e. The number of aryl methyl sites for hydroxylation is 1. The van der Waals surface area contributed by atoms with Gasteiger partial charge in [-0.05, 0) is 43.0 Å². The number of ether oxygens (including phenoxy) is 1. The number of aromatic nitrogens is 1. The number of fused-ring (bicyclic) bond motifs is 1. The fraction of sp³-hybridized carbons (Fsp3) is 0.308. The van der Waals surface area contributed by atoms with Crippen LogP contribution in [0.3, 0.4) is 0 Å². The molecule has 1 aliphatic heterocycles. The van der Waals surface area contributed by atoms with E-state index in [-0.39, 0.29) is 0 Å². The maximum Gasteiger partial charge on any atom is 0.229 e. The topological polar surface area (TPSA) is 61.3 Å². The molecule has 3 rings (SSSR count). The lowest BCUT2D eigenvalue weighted by Crippen LogP contribution is -2.18. The quantitative estimate of drug-likeness (QED) is 0.818. The minimum Gasteiger partial charge on any atom is -0.490 e. The summed E-state index contributed by atoms with van der Waals surface area (Å²) in [4.78, 5) is 0. The number of nitrogens with two attached hydrogens (primary N) is 1. The lowest BCUT2D eigenvalue weighted by Gasteiger charge is -2.23. The molecule has 2 N–H and O–H groups in total. The standard InChI is InChI=1S/C13H14N2O2/c1-8-2-3-10-6-9(4-5-12(10)16-8)11-7-15-17-13(11)14/h4-8H,2-3,14H2,1H3. The van der Waals surface area contributed by atoms with Crippen LogP contribution in [0.15, 0.2) is 28.9 Å². The molecular formula is C13H14N2O2. The number of nitrogens with zero attached hydrogens (tertiary/aromatic N) is 1. The minimum absolute atomic E-state index is 0.300. The normalized spacial score (nSPS) is 18.5. The Labute approximate surface area is 99.4 Å². The number of rotatable bonds is 1. The Morgan fingerprint density at radius 2 is 2.29 bits per heavy atom. The van der Waals surface area contributed by atoms with Crippen LogP contribution in [0.1, 0.15) is 18.9 Å². The van der Waals surface area contributed by atoms with E-state index >= 15 is 0 Å². The summed E-state index contributed by atoms with van der Waals surface area (Å²) in [6, 6.07) is 6.08. The molecule has 2 aromatic rings. The summed E-state index contributed by atoms with van der Waals surface area (Å²) < 4.78 is 10.6. The van der Waals surface area contributed by atoms with Crippen molar-refractivity contribution in [2.75, 3.05) is 5.73 Å². The Morgan fingerprint density at radius 1 is 1.41 bits per heavy atom. The molecule has 1 aromatic carbocycles. The van der Waals surface area contributed by atoms with Gasteiger partial charge >= 0.3 is 0 Å². The molecule has 4 heteroatoms. The molecular weight excluding hydrogens is 216 g/mol. The van der Waals surface area contributed by atoms with Gasteiger partial charge in [-0.1, -0.05) is 11.2 Å². The van der Waals surface area contributed by atoms with Gasteiger partial charge in [0, 0.05) is 0 Å². The summed E-state index contributed by atoms with van der Waals surface area (Å²) in [7, 11) is 0. The van der Waals surface area contributed by atoms with Gasteiger partial charge < -0.3 is 15.0 Å². The molecule has 4 nitrogen and oxygen atoms in total. The first-order valence-corrected chi connectivity index (χ1v) is 5.74. The zero-order chi connectivity index (χ0) is 11.8. The Bertz CT molecular complexity index is 548. The van der Waals surface area contributed by atoms with E-state index in [9.17, 15) is 0 Å². The summed E-state index contributed by atoms with van der Waals surface area (Å²) >= 11 is 0. The number of benzene rings is 1. The average Bonchev–Trinajstić information content (AvgIpc) is 2.75. The van der Waals surface area contributed by atoms with Gasteiger partial charge in [0.05, 0.1) is 17.9 Å². The van der Waals surface area contributed by atoms with Crippen LogP contribution in [0.5, 0.6) is 5.75 Å². The van der Waals surface area contributed by atoms with Crippen molar-refractivity contribution in [1.29, 1.82) is 0 Å². The summed E-state index contributed by atoms with van der Waals surface area (Å²) in [5.41, 5.74) is 8.80. The van der Waals surface area contributed by atoms with Crippen molar-refractivity contribution in [2.24, 2.45) is 0 Å². The van der Waals surface area contributed by atoms with Gasteiger partial charge in [-0.15, -0.1) is 0 Å². The zero-order valence-electron chi connectivity index (χ0n) is 9.64. The van der Waals surface area contributed by atoms with Crippen molar-refractivity contribution < 1.29 is 9.26 Å². The maximum absolute atomic E-state index is 5.76. The van der Waals surface area contributed by atoms with E-state index in [0.29, 0.717) is 12.0 Å². The summed E-state index contributed by atoms with van der Waals surface area (Å²) in [5.74, 6) is 1.33. The third-order valence-corrected chi connectivity index (χ3v) is 3.12. The van der Waals surface area contributed by atoms with E-state index < -0.39 is 0 Å². The van der Waals surface area contributed by atoms with Crippen LogP contribution in [0.25, 0.3) is 11.1 Å². The van der Waals surface area contributed by atoms with Crippen LogP contribution >= 0.6 is 0 Å². The second-order valence-corrected chi connectivity index (χ2v) is 4.39. The van der Waals surface area contributed by atoms with E-state index in [2.05, 4.69) is 18.1 Å². The van der Waals surface area contributed by atoms with Crippen LogP contribution < -0.4 is 10.5 Å². The first kappa shape index (κ1) is 10.2. The first-order valence-electron chi connectivity index (χ1n) is 5.74. The molecule has 0 fully saturated rings. The number of hydrogen-bond donors (Lipinski definition) is 1. The predicted molar refractivity (Wildman–Crippen MR) is 64.8 cm³/mol. The van der Waals surface area contributed by atoms with Gasteiger partial charge in [0.2, 0.25) is 5.88 Å². The molecule has 0 aliphatic carbocycles. The van der Waals surface area contributed by atoms with E-state index in [1.165, 1.54) is 5.56 Å². The summed E-state index contributed by atoms with van der Waals surface area (Å²) in [6.45, 7) is 2.09. The lowest BCUT2D eigenvalue weighted by atomic mass is 9.98. The Morgan fingerprint density at radius 3 is 3.06 bits per heavy atom. The van der Waals surface area contributed by atoms with Gasteiger partial charge in [0.15, 0.2) is 0 Å². The van der Waals surface area contributed by atoms with E-state index in [1.54, 1.807) is 6.20 Å². The van der Waals surface area contributed by atoms with Crippen molar-refractivity contribution in [3.63, 3.8) is 0 Å². The van der Waals surface area contributed by atoms with Gasteiger partial charge in [0.25, 0.3) is 0 Å². The molecule has 88 valence electrons. The third-order valence-electron chi connectivity index (χ3n) is 3.12. The van der Waals surface area contributed by atoms with Crippen molar-refractivity contribution in [3.05, 3.63) is 30.0 Å². The second-order valence-electron chi connectivity index (χ2n) is 4.39. The van der Waals surface area contributed by atoms with Crippen LogP contribution in [-0.4, -0.2) is 11.3 Å². The molecule has 1 atom stereocenters. The molecule has 0 spiro atoms. The molecule has 0 saturated heterocycles. The van der Waals surface area contributed by atoms with Crippen molar-refractivity contribution >= 4 is 5.88 Å². The monoisotopic (exact) mass is 230 g/mol. The molecule has 1 aromatic heterocycles. The largest absolute Gasteiger partial charge is 0.490 e. The highest BCUT2D eigenvalue weighted by atomic mass is 16.5. The third kappa shape index (κ3) is 1.75. The molecule has 2 heterocycles. The predicted octanol–water partition coefficient (Wildman–Crippen LogP) is 2.64. The van der Waals surface area contributed by atoms with E-state index in [4.69, 9.17) is 15.0 Å². The van der Waals surface area contributed by atoms with Crippen molar-refractivity contribution in [1.82, 2.24) is 5.16 Å². The molecule has 1 unspecified atom stereocenters. The Hall–Kier alpha value is -1.97. The van der Waals surface area contributed by atoms with E-state index in [1.807, 2.05) is 12.1 Å². The van der Waals surface area contributed by atoms with Crippen LogP contribution in [-0.2, 0) is 6.42 Å². The molecule has 17 heavy (non-hydrogen) atoms. The Kier molecular flexibility index (Phi) is 2.28. The summed E-state index contributed by atoms with van der Waals surface area (Å²) in [6.07, 6.45) is 4.03. The minimum atomic E-state index is 0.300. The number of hydrogen-bond acceptors (Lipinski definition) is 4. The average molecular weight is 230 g/mol. The van der Waals surface area contributed by atoms with Crippen molar-refractivity contribution in [2.45, 2.75) is 25.9 Å². The maximum atomic E-state index is 5.76. The first-order chi connectivity index (χ1) is 8.24.